The molecule has 1 aromatic rings. The number of hydrogen-bond donors (Lipinski definition) is 1. The van der Waals surface area contributed by atoms with Gasteiger partial charge in [0, 0.05) is 31.5 Å². The van der Waals surface area contributed by atoms with Crippen molar-refractivity contribution in [2.45, 2.75) is 51.7 Å². The van der Waals surface area contributed by atoms with Crippen LogP contribution < -0.4 is 5.73 Å². The zero-order valence-electron chi connectivity index (χ0n) is 15.5. The monoisotopic (exact) mass is 366 g/mol. The minimum atomic E-state index is -0.783. The average molecular weight is 367 g/mol. The maximum Gasteiger partial charge on any atom is 0.243 e. The molecule has 4 nitrogen and oxygen atoms in total. The molecule has 2 fully saturated rings. The van der Waals surface area contributed by atoms with Gasteiger partial charge in [-0.15, -0.1) is 12.4 Å². The molecule has 2 N–H and O–H groups in total. The molecule has 140 valence electrons. The third kappa shape index (κ3) is 3.57. The van der Waals surface area contributed by atoms with Gasteiger partial charge in [-0.05, 0) is 31.2 Å². The third-order valence-electron chi connectivity index (χ3n) is 6.15. The topological polar surface area (TPSA) is 55.6 Å². The van der Waals surface area contributed by atoms with E-state index in [1.807, 2.05) is 17.9 Å². The minimum absolute atomic E-state index is 0. The Balaban J connectivity index is 0.00000225. The van der Waals surface area contributed by atoms with Crippen molar-refractivity contribution in [3.63, 3.8) is 0 Å². The third-order valence-corrected chi connectivity index (χ3v) is 6.15. The van der Waals surface area contributed by atoms with E-state index in [1.54, 1.807) is 0 Å². The summed E-state index contributed by atoms with van der Waals surface area (Å²) in [7, 11) is 0. The molecule has 2 aliphatic rings. The average Bonchev–Trinajstić information content (AvgIpc) is 3.03. The summed E-state index contributed by atoms with van der Waals surface area (Å²) in [6.45, 7) is 8.43. The number of carbonyl (C=O) groups excluding carboxylic acids is 1. The minimum Gasteiger partial charge on any atom is -0.378 e. The predicted molar refractivity (Wildman–Crippen MR) is 103 cm³/mol. The van der Waals surface area contributed by atoms with Crippen LogP contribution in [0.5, 0.6) is 0 Å². The van der Waals surface area contributed by atoms with Gasteiger partial charge in [0.05, 0.1) is 6.10 Å². The van der Waals surface area contributed by atoms with Crippen molar-refractivity contribution in [1.29, 1.82) is 0 Å². The zero-order valence-corrected chi connectivity index (χ0v) is 16.3. The van der Waals surface area contributed by atoms with Gasteiger partial charge in [-0.1, -0.05) is 44.2 Å². The molecule has 1 aliphatic carbocycles. The number of likely N-dealkylation sites (tertiary alicyclic amines) is 1. The molecule has 1 aliphatic heterocycles. The van der Waals surface area contributed by atoms with Crippen molar-refractivity contribution < 1.29 is 9.53 Å². The van der Waals surface area contributed by atoms with Crippen molar-refractivity contribution in [3.05, 3.63) is 35.9 Å². The van der Waals surface area contributed by atoms with Crippen LogP contribution in [0.3, 0.4) is 0 Å². The summed E-state index contributed by atoms with van der Waals surface area (Å²) in [4.78, 5) is 15.0. The van der Waals surface area contributed by atoms with Crippen molar-refractivity contribution >= 4 is 18.3 Å². The highest BCUT2D eigenvalue weighted by Crippen LogP contribution is 2.51. The number of amides is 1. The lowest BCUT2D eigenvalue weighted by Crippen LogP contribution is -2.75. The molecule has 25 heavy (non-hydrogen) atoms. The van der Waals surface area contributed by atoms with E-state index in [2.05, 4.69) is 38.1 Å². The van der Waals surface area contributed by atoms with Crippen molar-refractivity contribution in [2.75, 3.05) is 19.7 Å². The standard InChI is InChI=1S/C20H30N2O2.ClH/c1-4-24-17-13-20(21,19(17,2)3)18(23)22-11-10-16(14-22)12-15-8-6-5-7-9-15;/h5-9,16-17H,4,10-14,21H2,1-3H3;1H. The Morgan fingerprint density at radius 3 is 2.60 bits per heavy atom. The molecule has 1 aromatic carbocycles. The zero-order chi connectivity index (χ0) is 17.4. The number of halogens is 1. The van der Waals surface area contributed by atoms with E-state index in [1.165, 1.54) is 5.56 Å². The Kier molecular flexibility index (Phi) is 6.18. The molecular weight excluding hydrogens is 336 g/mol. The molecule has 1 amide bonds. The van der Waals surface area contributed by atoms with Crippen LogP contribution in [-0.2, 0) is 16.0 Å². The molecule has 0 radical (unpaired) electrons. The van der Waals surface area contributed by atoms with Gasteiger partial charge in [0.25, 0.3) is 0 Å². The van der Waals surface area contributed by atoms with Crippen LogP contribution in [-0.4, -0.2) is 42.1 Å². The van der Waals surface area contributed by atoms with Crippen LogP contribution in [0.1, 0.15) is 39.2 Å². The van der Waals surface area contributed by atoms with E-state index >= 15 is 0 Å². The quantitative estimate of drug-likeness (QED) is 0.871. The highest BCUT2D eigenvalue weighted by atomic mass is 35.5. The molecule has 5 heteroatoms. The fourth-order valence-corrected chi connectivity index (χ4v) is 4.21. The number of carbonyl (C=O) groups is 1. The molecule has 1 heterocycles. The molecule has 0 aromatic heterocycles. The first-order valence-corrected chi connectivity index (χ1v) is 9.12. The number of benzene rings is 1. The fourth-order valence-electron chi connectivity index (χ4n) is 4.21. The van der Waals surface area contributed by atoms with E-state index in [4.69, 9.17) is 10.5 Å². The summed E-state index contributed by atoms with van der Waals surface area (Å²) >= 11 is 0. The lowest BCUT2D eigenvalue weighted by atomic mass is 9.54. The maximum atomic E-state index is 13.1. The first kappa shape index (κ1) is 20.2. The van der Waals surface area contributed by atoms with Crippen LogP contribution >= 0.6 is 12.4 Å². The second kappa shape index (κ2) is 7.65. The summed E-state index contributed by atoms with van der Waals surface area (Å²) in [6, 6.07) is 10.5. The van der Waals surface area contributed by atoms with Crippen molar-refractivity contribution in [2.24, 2.45) is 17.1 Å². The van der Waals surface area contributed by atoms with Crippen LogP contribution in [0.4, 0.5) is 0 Å². The molecular formula is C20H31ClN2O2. The Hall–Kier alpha value is -1.10. The van der Waals surface area contributed by atoms with E-state index in [9.17, 15) is 4.79 Å². The summed E-state index contributed by atoms with van der Waals surface area (Å²) in [6.07, 6.45) is 2.81. The largest absolute Gasteiger partial charge is 0.378 e. The SMILES string of the molecule is CCOC1CC(N)(C(=O)N2CCC(Cc3ccccc3)C2)C1(C)C.Cl. The van der Waals surface area contributed by atoms with Crippen LogP contribution in [0.15, 0.2) is 30.3 Å². The van der Waals surface area contributed by atoms with Crippen molar-refractivity contribution in [3.8, 4) is 0 Å². The number of nitrogens with two attached hydrogens (primary N) is 1. The van der Waals surface area contributed by atoms with Gasteiger partial charge >= 0.3 is 0 Å². The summed E-state index contributed by atoms with van der Waals surface area (Å²) in [5, 5.41) is 0. The smallest absolute Gasteiger partial charge is 0.243 e. The van der Waals surface area contributed by atoms with Crippen LogP contribution in [0.25, 0.3) is 0 Å². The molecule has 0 spiro atoms. The first-order chi connectivity index (χ1) is 11.4. The van der Waals surface area contributed by atoms with E-state index in [0.29, 0.717) is 18.9 Å². The highest BCUT2D eigenvalue weighted by molar-refractivity contribution is 5.89. The highest BCUT2D eigenvalue weighted by Gasteiger charge is 2.64. The molecule has 1 saturated carbocycles. The van der Waals surface area contributed by atoms with E-state index in [-0.39, 0.29) is 29.8 Å². The normalized spacial score (nSPS) is 30.5. The lowest BCUT2D eigenvalue weighted by molar-refractivity contribution is -0.178. The predicted octanol–water partition coefficient (Wildman–Crippen LogP) is 3.03. The summed E-state index contributed by atoms with van der Waals surface area (Å²) in [5.74, 6) is 0.643. The Morgan fingerprint density at radius 2 is 2.00 bits per heavy atom. The van der Waals surface area contributed by atoms with Gasteiger partial charge in [-0.3, -0.25) is 4.79 Å². The van der Waals surface area contributed by atoms with Crippen LogP contribution in [0, 0.1) is 11.3 Å². The van der Waals surface area contributed by atoms with Gasteiger partial charge in [0.15, 0.2) is 0 Å². The summed E-state index contributed by atoms with van der Waals surface area (Å²) < 4.78 is 5.75. The molecule has 3 rings (SSSR count). The fraction of sp³-hybridized carbons (Fsp3) is 0.650. The number of rotatable bonds is 5. The van der Waals surface area contributed by atoms with Crippen LogP contribution in [0.2, 0.25) is 0 Å². The Labute approximate surface area is 157 Å². The maximum absolute atomic E-state index is 13.1. The number of hydrogen-bond acceptors (Lipinski definition) is 3. The second-order valence-corrected chi connectivity index (χ2v) is 7.94. The number of ether oxygens (including phenoxy) is 1. The van der Waals surface area contributed by atoms with Gasteiger partial charge in [-0.25, -0.2) is 0 Å². The van der Waals surface area contributed by atoms with Crippen molar-refractivity contribution in [1.82, 2.24) is 4.90 Å². The second-order valence-electron chi connectivity index (χ2n) is 7.94. The Bertz CT molecular complexity index is 593. The molecule has 0 bridgehead atoms. The summed E-state index contributed by atoms with van der Waals surface area (Å²) in [5.41, 5.74) is 6.81. The number of nitrogens with zero attached hydrogens (tertiary/aromatic N) is 1. The lowest BCUT2D eigenvalue weighted by Gasteiger charge is -2.58. The van der Waals surface area contributed by atoms with Gasteiger partial charge < -0.3 is 15.4 Å². The molecule has 3 unspecified atom stereocenters. The first-order valence-electron chi connectivity index (χ1n) is 9.12. The van der Waals surface area contributed by atoms with Gasteiger partial charge in [0.2, 0.25) is 5.91 Å². The van der Waals surface area contributed by atoms with E-state index < -0.39 is 5.54 Å². The van der Waals surface area contributed by atoms with E-state index in [0.717, 1.165) is 25.9 Å². The van der Waals surface area contributed by atoms with Gasteiger partial charge in [-0.2, -0.15) is 0 Å². The van der Waals surface area contributed by atoms with Gasteiger partial charge in [0.1, 0.15) is 5.54 Å². The molecule has 3 atom stereocenters. The Morgan fingerprint density at radius 1 is 1.32 bits per heavy atom. The molecule has 1 saturated heterocycles.